The van der Waals surface area contributed by atoms with Crippen LogP contribution in [0.25, 0.3) is 0 Å². The number of aryl methyl sites for hydroxylation is 3. The summed E-state index contributed by atoms with van der Waals surface area (Å²) >= 11 is 0. The summed E-state index contributed by atoms with van der Waals surface area (Å²) in [6, 6.07) is 1.78. The van der Waals surface area contributed by atoms with Crippen LogP contribution in [0.5, 0.6) is 0 Å². The maximum atomic E-state index is 12.5. The van der Waals surface area contributed by atoms with Crippen molar-refractivity contribution in [2.75, 3.05) is 6.54 Å². The van der Waals surface area contributed by atoms with Crippen LogP contribution < -0.4 is 10.6 Å². The van der Waals surface area contributed by atoms with Crippen molar-refractivity contribution in [2.24, 2.45) is 13.0 Å². The summed E-state index contributed by atoms with van der Waals surface area (Å²) in [6.45, 7) is 6.07. The van der Waals surface area contributed by atoms with Crippen LogP contribution in [0.3, 0.4) is 0 Å². The molecule has 1 saturated carbocycles. The lowest BCUT2D eigenvalue weighted by molar-refractivity contribution is 0.0869. The Balaban J connectivity index is 1.60. The molecule has 8 heteroatoms. The van der Waals surface area contributed by atoms with Crippen molar-refractivity contribution < 1.29 is 14.0 Å². The quantitative estimate of drug-likeness (QED) is 0.835. The molecule has 2 heterocycles. The number of carbonyl (C=O) groups is 2. The number of carbonyl (C=O) groups excluding carboxylic acids is 2. The van der Waals surface area contributed by atoms with E-state index in [1.54, 1.807) is 17.8 Å². The molecule has 2 N–H and O–H groups in total. The van der Waals surface area contributed by atoms with Gasteiger partial charge in [-0.2, -0.15) is 0 Å². The van der Waals surface area contributed by atoms with Gasteiger partial charge in [0.05, 0.1) is 5.69 Å². The summed E-state index contributed by atoms with van der Waals surface area (Å²) in [6.07, 6.45) is 4.01. The minimum atomic E-state index is -0.228. The predicted molar refractivity (Wildman–Crippen MR) is 99.5 cm³/mol. The summed E-state index contributed by atoms with van der Waals surface area (Å²) in [5, 5.41) is 13.8. The van der Waals surface area contributed by atoms with Crippen LogP contribution in [0.1, 0.15) is 63.7 Å². The fourth-order valence-electron chi connectivity index (χ4n) is 3.49. The van der Waals surface area contributed by atoms with Gasteiger partial charge in [-0.15, -0.1) is 5.10 Å². The van der Waals surface area contributed by atoms with Gasteiger partial charge in [0.1, 0.15) is 5.76 Å². The van der Waals surface area contributed by atoms with Gasteiger partial charge in [-0.25, -0.2) is 0 Å². The minimum Gasteiger partial charge on any atom is -0.456 e. The van der Waals surface area contributed by atoms with Gasteiger partial charge in [0.15, 0.2) is 11.5 Å². The van der Waals surface area contributed by atoms with Crippen LogP contribution in [-0.2, 0) is 7.05 Å². The first-order valence-corrected chi connectivity index (χ1v) is 9.39. The van der Waals surface area contributed by atoms with E-state index in [4.69, 9.17) is 4.42 Å². The maximum absolute atomic E-state index is 12.5. The smallest absolute Gasteiger partial charge is 0.287 e. The highest BCUT2D eigenvalue weighted by atomic mass is 16.3. The highest BCUT2D eigenvalue weighted by Crippen LogP contribution is 2.25. The standard InChI is InChI=1S/C19H27N5O3/c1-11-9-16(27-13(11)3)18(25)21-15-8-6-5-7-14(15)10-20-19(26)17-12(2)24(4)23-22-17/h9,14-15H,5-8,10H2,1-4H3,(H,20,26)(H,21,25). The molecule has 2 amide bonds. The molecular formula is C19H27N5O3. The van der Waals surface area contributed by atoms with Gasteiger partial charge in [0.25, 0.3) is 11.8 Å². The third-order valence-electron chi connectivity index (χ3n) is 5.46. The van der Waals surface area contributed by atoms with Crippen LogP contribution in [0, 0.1) is 26.7 Å². The highest BCUT2D eigenvalue weighted by molar-refractivity contribution is 5.93. The second-order valence-corrected chi connectivity index (χ2v) is 7.33. The third kappa shape index (κ3) is 4.20. The molecule has 1 aliphatic carbocycles. The minimum absolute atomic E-state index is 0.0141. The van der Waals surface area contributed by atoms with Crippen LogP contribution in [0.4, 0.5) is 0 Å². The van der Waals surface area contributed by atoms with E-state index in [1.807, 2.05) is 20.8 Å². The lowest BCUT2D eigenvalue weighted by Gasteiger charge is -2.32. The first-order valence-electron chi connectivity index (χ1n) is 9.39. The molecule has 146 valence electrons. The molecule has 2 atom stereocenters. The van der Waals surface area contributed by atoms with Crippen LogP contribution >= 0.6 is 0 Å². The summed E-state index contributed by atoms with van der Waals surface area (Å²) < 4.78 is 7.10. The fourth-order valence-corrected chi connectivity index (χ4v) is 3.49. The van der Waals surface area contributed by atoms with Gasteiger partial charge in [-0.3, -0.25) is 14.3 Å². The molecule has 0 bridgehead atoms. The van der Waals surface area contributed by atoms with Crippen molar-refractivity contribution in [3.05, 3.63) is 34.5 Å². The molecule has 27 heavy (non-hydrogen) atoms. The van der Waals surface area contributed by atoms with Gasteiger partial charge >= 0.3 is 0 Å². The van der Waals surface area contributed by atoms with E-state index in [-0.39, 0.29) is 23.8 Å². The Morgan fingerprint density at radius 2 is 1.96 bits per heavy atom. The molecule has 0 radical (unpaired) electrons. The molecule has 0 aromatic carbocycles. The second-order valence-electron chi connectivity index (χ2n) is 7.33. The van der Waals surface area contributed by atoms with E-state index >= 15 is 0 Å². The lowest BCUT2D eigenvalue weighted by atomic mass is 9.84. The second kappa shape index (κ2) is 7.94. The monoisotopic (exact) mass is 373 g/mol. The summed E-state index contributed by atoms with van der Waals surface area (Å²) in [5.41, 5.74) is 2.03. The number of rotatable bonds is 5. The number of nitrogens with zero attached hydrogens (tertiary/aromatic N) is 3. The van der Waals surface area contributed by atoms with Crippen molar-refractivity contribution in [3.8, 4) is 0 Å². The van der Waals surface area contributed by atoms with Crippen LogP contribution in [0.15, 0.2) is 10.5 Å². The van der Waals surface area contributed by atoms with Crippen molar-refractivity contribution in [1.82, 2.24) is 25.6 Å². The van der Waals surface area contributed by atoms with Gasteiger partial charge in [-0.1, -0.05) is 18.1 Å². The first kappa shape index (κ1) is 19.1. The Morgan fingerprint density at radius 3 is 2.59 bits per heavy atom. The Bertz CT molecular complexity index is 819. The van der Waals surface area contributed by atoms with Crippen molar-refractivity contribution >= 4 is 11.8 Å². The first-order chi connectivity index (χ1) is 12.9. The largest absolute Gasteiger partial charge is 0.456 e. The molecule has 2 unspecified atom stereocenters. The number of amides is 2. The topological polar surface area (TPSA) is 102 Å². The Hall–Kier alpha value is -2.64. The predicted octanol–water partition coefficient (Wildman–Crippen LogP) is 2.05. The average Bonchev–Trinajstić information content (AvgIpc) is 3.16. The zero-order valence-corrected chi connectivity index (χ0v) is 16.3. The summed E-state index contributed by atoms with van der Waals surface area (Å²) in [4.78, 5) is 24.9. The van der Waals surface area contributed by atoms with Crippen molar-refractivity contribution in [1.29, 1.82) is 0 Å². The van der Waals surface area contributed by atoms with E-state index in [1.165, 1.54) is 0 Å². The number of hydrogen-bond donors (Lipinski definition) is 2. The molecule has 1 fully saturated rings. The van der Waals surface area contributed by atoms with Crippen molar-refractivity contribution in [2.45, 2.75) is 52.5 Å². The molecule has 2 aromatic rings. The number of aromatic nitrogens is 3. The normalized spacial score (nSPS) is 19.7. The Labute approximate surface area is 158 Å². The van der Waals surface area contributed by atoms with Crippen LogP contribution in [-0.4, -0.2) is 39.4 Å². The third-order valence-corrected chi connectivity index (χ3v) is 5.46. The fraction of sp³-hybridized carbons (Fsp3) is 0.579. The summed E-state index contributed by atoms with van der Waals surface area (Å²) in [7, 11) is 1.75. The number of nitrogens with one attached hydrogen (secondary N) is 2. The van der Waals surface area contributed by atoms with E-state index < -0.39 is 0 Å². The van der Waals surface area contributed by atoms with Gasteiger partial charge in [0.2, 0.25) is 0 Å². The van der Waals surface area contributed by atoms with Crippen LogP contribution in [0.2, 0.25) is 0 Å². The Morgan fingerprint density at radius 1 is 1.22 bits per heavy atom. The van der Waals surface area contributed by atoms with Gasteiger partial charge < -0.3 is 15.1 Å². The molecule has 2 aromatic heterocycles. The number of hydrogen-bond acceptors (Lipinski definition) is 5. The van der Waals surface area contributed by atoms with E-state index in [9.17, 15) is 9.59 Å². The van der Waals surface area contributed by atoms with Gasteiger partial charge in [-0.05, 0) is 51.2 Å². The molecule has 1 aliphatic rings. The van der Waals surface area contributed by atoms with Crippen molar-refractivity contribution in [3.63, 3.8) is 0 Å². The maximum Gasteiger partial charge on any atom is 0.287 e. The zero-order chi connectivity index (χ0) is 19.6. The average molecular weight is 373 g/mol. The molecule has 8 nitrogen and oxygen atoms in total. The molecular weight excluding hydrogens is 346 g/mol. The molecule has 0 saturated heterocycles. The van der Waals surface area contributed by atoms with E-state index in [0.29, 0.717) is 18.0 Å². The SMILES string of the molecule is Cc1cc(C(=O)NC2CCCCC2CNC(=O)c2nnn(C)c2C)oc1C. The highest BCUT2D eigenvalue weighted by Gasteiger charge is 2.28. The van der Waals surface area contributed by atoms with E-state index in [0.717, 1.165) is 42.7 Å². The molecule has 3 rings (SSSR count). The summed E-state index contributed by atoms with van der Waals surface area (Å²) in [5.74, 6) is 0.856. The lowest BCUT2D eigenvalue weighted by Crippen LogP contribution is -2.46. The van der Waals surface area contributed by atoms with E-state index in [2.05, 4.69) is 20.9 Å². The van der Waals surface area contributed by atoms with Gasteiger partial charge in [0, 0.05) is 19.6 Å². The zero-order valence-electron chi connectivity index (χ0n) is 16.3. The molecule has 0 spiro atoms. The molecule has 0 aliphatic heterocycles. The Kier molecular flexibility index (Phi) is 5.62. The number of furan rings is 1.